The van der Waals surface area contributed by atoms with Gasteiger partial charge in [0.2, 0.25) is 0 Å². The van der Waals surface area contributed by atoms with Crippen molar-refractivity contribution >= 4 is 5.84 Å². The Kier molecular flexibility index (Phi) is 5.05. The maximum atomic E-state index is 8.82. The van der Waals surface area contributed by atoms with Gasteiger partial charge in [-0.2, -0.15) is 0 Å². The van der Waals surface area contributed by atoms with Crippen LogP contribution in [0.2, 0.25) is 0 Å². The van der Waals surface area contributed by atoms with E-state index < -0.39 is 0 Å². The molecule has 3 N–H and O–H groups in total. The van der Waals surface area contributed by atoms with Gasteiger partial charge in [0.1, 0.15) is 5.84 Å². The average molecular weight is 268 g/mol. The maximum absolute atomic E-state index is 8.82. The van der Waals surface area contributed by atoms with Gasteiger partial charge < -0.3 is 20.7 Å². The molecule has 2 saturated heterocycles. The standard InChI is InChI=1S/C14H28N4O/c1-14(13(15)16-19)5-11-18(12-6-14)10-4-9-17-7-2-3-8-17/h19H,2-12H2,1H3,(H2,15,16). The Morgan fingerprint density at radius 3 is 2.16 bits per heavy atom. The van der Waals surface area contributed by atoms with Gasteiger partial charge in [-0.3, -0.25) is 0 Å². The van der Waals surface area contributed by atoms with Crippen LogP contribution < -0.4 is 5.73 Å². The fourth-order valence-corrected chi connectivity index (χ4v) is 3.17. The summed E-state index contributed by atoms with van der Waals surface area (Å²) in [4.78, 5) is 5.09. The second kappa shape index (κ2) is 6.57. The lowest BCUT2D eigenvalue weighted by molar-refractivity contribution is 0.152. The third kappa shape index (κ3) is 3.83. The molecule has 19 heavy (non-hydrogen) atoms. The van der Waals surface area contributed by atoms with Crippen LogP contribution in [-0.2, 0) is 0 Å². The molecule has 5 nitrogen and oxygen atoms in total. The van der Waals surface area contributed by atoms with E-state index in [1.807, 2.05) is 0 Å². The summed E-state index contributed by atoms with van der Waals surface area (Å²) >= 11 is 0. The molecule has 0 amide bonds. The minimum absolute atomic E-state index is 0.111. The van der Waals surface area contributed by atoms with Crippen LogP contribution in [0, 0.1) is 5.41 Å². The number of amidine groups is 1. The van der Waals surface area contributed by atoms with Gasteiger partial charge in [-0.25, -0.2) is 0 Å². The Hall–Kier alpha value is -0.810. The Labute approximate surface area is 116 Å². The van der Waals surface area contributed by atoms with E-state index in [4.69, 9.17) is 10.9 Å². The molecule has 0 radical (unpaired) electrons. The Balaban J connectivity index is 1.65. The van der Waals surface area contributed by atoms with Crippen LogP contribution in [0.5, 0.6) is 0 Å². The average Bonchev–Trinajstić information content (AvgIpc) is 2.93. The van der Waals surface area contributed by atoms with E-state index in [9.17, 15) is 0 Å². The Morgan fingerprint density at radius 2 is 1.63 bits per heavy atom. The second-order valence-electron chi connectivity index (χ2n) is 6.29. The predicted molar refractivity (Wildman–Crippen MR) is 77.5 cm³/mol. The van der Waals surface area contributed by atoms with E-state index in [1.165, 1.54) is 45.4 Å². The Morgan fingerprint density at radius 1 is 1.11 bits per heavy atom. The van der Waals surface area contributed by atoms with Crippen LogP contribution in [0.25, 0.3) is 0 Å². The van der Waals surface area contributed by atoms with Gasteiger partial charge in [-0.1, -0.05) is 12.1 Å². The van der Waals surface area contributed by atoms with Crippen molar-refractivity contribution in [1.82, 2.24) is 9.80 Å². The third-order valence-electron chi connectivity index (χ3n) is 4.83. The number of likely N-dealkylation sites (tertiary alicyclic amines) is 2. The van der Waals surface area contributed by atoms with Gasteiger partial charge in [0.15, 0.2) is 0 Å². The third-order valence-corrected chi connectivity index (χ3v) is 4.83. The van der Waals surface area contributed by atoms with E-state index in [-0.39, 0.29) is 5.41 Å². The van der Waals surface area contributed by atoms with Gasteiger partial charge in [-0.05, 0) is 71.4 Å². The smallest absolute Gasteiger partial charge is 0.145 e. The summed E-state index contributed by atoms with van der Waals surface area (Å²) in [6, 6.07) is 0. The number of nitrogens with zero attached hydrogens (tertiary/aromatic N) is 3. The van der Waals surface area contributed by atoms with Gasteiger partial charge in [-0.15, -0.1) is 0 Å². The molecule has 2 fully saturated rings. The lowest BCUT2D eigenvalue weighted by atomic mass is 9.79. The fraction of sp³-hybridized carbons (Fsp3) is 0.929. The number of rotatable bonds is 5. The molecule has 110 valence electrons. The summed E-state index contributed by atoms with van der Waals surface area (Å²) in [5.41, 5.74) is 5.67. The van der Waals surface area contributed by atoms with E-state index >= 15 is 0 Å². The highest BCUT2D eigenvalue weighted by Gasteiger charge is 2.33. The molecule has 0 aliphatic carbocycles. The van der Waals surface area contributed by atoms with Crippen molar-refractivity contribution < 1.29 is 5.21 Å². The van der Waals surface area contributed by atoms with Gasteiger partial charge in [0, 0.05) is 5.41 Å². The molecular formula is C14H28N4O. The highest BCUT2D eigenvalue weighted by Crippen LogP contribution is 2.30. The molecule has 0 saturated carbocycles. The first-order chi connectivity index (χ1) is 9.14. The molecule has 2 aliphatic rings. The predicted octanol–water partition coefficient (Wildman–Crippen LogP) is 1.32. The van der Waals surface area contributed by atoms with Gasteiger partial charge in [0.25, 0.3) is 0 Å². The highest BCUT2D eigenvalue weighted by atomic mass is 16.4. The van der Waals surface area contributed by atoms with E-state index in [0.717, 1.165) is 25.9 Å². The van der Waals surface area contributed by atoms with E-state index in [0.29, 0.717) is 5.84 Å². The molecule has 0 aromatic carbocycles. The summed E-state index contributed by atoms with van der Waals surface area (Å²) in [5.74, 6) is 0.393. The molecule has 2 rings (SSSR count). The van der Waals surface area contributed by atoms with Crippen molar-refractivity contribution in [3.63, 3.8) is 0 Å². The maximum Gasteiger partial charge on any atom is 0.145 e. The normalized spacial score (nSPS) is 25.8. The first-order valence-corrected chi connectivity index (χ1v) is 7.57. The number of hydrogen-bond acceptors (Lipinski definition) is 4. The molecule has 0 bridgehead atoms. The number of nitrogens with two attached hydrogens (primary N) is 1. The van der Waals surface area contributed by atoms with Crippen LogP contribution in [0.4, 0.5) is 0 Å². The molecule has 0 unspecified atom stereocenters. The SMILES string of the molecule is CC1(C(N)=NO)CCN(CCCN2CCCC2)CC1. The van der Waals surface area contributed by atoms with E-state index in [2.05, 4.69) is 21.9 Å². The summed E-state index contributed by atoms with van der Waals surface area (Å²) in [7, 11) is 0. The van der Waals surface area contributed by atoms with Crippen molar-refractivity contribution in [2.45, 2.75) is 39.0 Å². The summed E-state index contributed by atoms with van der Waals surface area (Å²) in [6.45, 7) is 9.24. The number of hydrogen-bond donors (Lipinski definition) is 2. The van der Waals surface area contributed by atoms with Crippen LogP contribution in [0.3, 0.4) is 0 Å². The minimum Gasteiger partial charge on any atom is -0.409 e. The van der Waals surface area contributed by atoms with Crippen molar-refractivity contribution in [3.8, 4) is 0 Å². The molecule has 2 aliphatic heterocycles. The molecular weight excluding hydrogens is 240 g/mol. The number of piperidine rings is 1. The van der Waals surface area contributed by atoms with Gasteiger partial charge >= 0.3 is 0 Å². The zero-order valence-electron chi connectivity index (χ0n) is 12.1. The topological polar surface area (TPSA) is 65.1 Å². The first-order valence-electron chi connectivity index (χ1n) is 7.57. The van der Waals surface area contributed by atoms with E-state index in [1.54, 1.807) is 0 Å². The van der Waals surface area contributed by atoms with Crippen LogP contribution in [0.1, 0.15) is 39.0 Å². The lowest BCUT2D eigenvalue weighted by Crippen LogP contribution is -2.46. The monoisotopic (exact) mass is 268 g/mol. The summed E-state index contributed by atoms with van der Waals surface area (Å²) in [5, 5.41) is 12.0. The van der Waals surface area contributed by atoms with Crippen LogP contribution >= 0.6 is 0 Å². The van der Waals surface area contributed by atoms with Crippen molar-refractivity contribution in [3.05, 3.63) is 0 Å². The minimum atomic E-state index is -0.111. The highest BCUT2D eigenvalue weighted by molar-refractivity contribution is 5.85. The van der Waals surface area contributed by atoms with Crippen molar-refractivity contribution in [1.29, 1.82) is 0 Å². The summed E-state index contributed by atoms with van der Waals surface area (Å²) in [6.07, 6.45) is 6.00. The molecule has 0 aromatic rings. The molecule has 0 spiro atoms. The van der Waals surface area contributed by atoms with Crippen molar-refractivity contribution in [2.75, 3.05) is 39.3 Å². The Bertz CT molecular complexity index is 305. The zero-order valence-corrected chi connectivity index (χ0v) is 12.1. The molecule has 0 atom stereocenters. The van der Waals surface area contributed by atoms with Gasteiger partial charge in [0.05, 0.1) is 0 Å². The van der Waals surface area contributed by atoms with Crippen molar-refractivity contribution in [2.24, 2.45) is 16.3 Å². The number of oxime groups is 1. The second-order valence-corrected chi connectivity index (χ2v) is 6.29. The molecule has 0 aromatic heterocycles. The molecule has 5 heteroatoms. The molecule has 2 heterocycles. The zero-order chi connectivity index (χ0) is 13.7. The fourth-order valence-electron chi connectivity index (χ4n) is 3.17. The van der Waals surface area contributed by atoms with Crippen LogP contribution in [-0.4, -0.2) is 60.1 Å². The first kappa shape index (κ1) is 14.6. The quantitative estimate of drug-likeness (QED) is 0.342. The summed E-state index contributed by atoms with van der Waals surface area (Å²) < 4.78 is 0. The lowest BCUT2D eigenvalue weighted by Gasteiger charge is -2.38. The largest absolute Gasteiger partial charge is 0.409 e. The van der Waals surface area contributed by atoms with Crippen LogP contribution in [0.15, 0.2) is 5.16 Å².